The van der Waals surface area contributed by atoms with Gasteiger partial charge in [0.25, 0.3) is 0 Å². The van der Waals surface area contributed by atoms with Crippen LogP contribution in [0.25, 0.3) is 22.1 Å². The second-order valence-electron chi connectivity index (χ2n) is 10.6. The molecule has 218 valence electrons. The number of esters is 1. The Morgan fingerprint density at radius 3 is 2.69 bits per heavy atom. The molecule has 0 bridgehead atoms. The molecule has 42 heavy (non-hydrogen) atoms. The Bertz CT molecular complexity index is 1760. The molecule has 5 N–H and O–H groups in total. The number of hydrogen-bond acceptors (Lipinski definition) is 10. The fourth-order valence-corrected chi connectivity index (χ4v) is 5.15. The quantitative estimate of drug-likeness (QED) is 0.182. The number of carbonyl (C=O) groups is 1. The van der Waals surface area contributed by atoms with Crippen LogP contribution in [0.15, 0.2) is 69.5 Å². The van der Waals surface area contributed by atoms with Gasteiger partial charge in [-0.2, -0.15) is 0 Å². The number of benzene rings is 2. The fraction of sp³-hybridized carbons (Fsp3) is 0.281. The fourth-order valence-electron chi connectivity index (χ4n) is 5.15. The van der Waals surface area contributed by atoms with E-state index in [1.165, 1.54) is 12.1 Å². The first kappa shape index (κ1) is 28.7. The maximum Gasteiger partial charge on any atom is 0.333 e. The minimum absolute atomic E-state index is 0.00121. The van der Waals surface area contributed by atoms with Crippen molar-refractivity contribution in [2.24, 2.45) is 0 Å². The van der Waals surface area contributed by atoms with E-state index >= 15 is 0 Å². The predicted octanol–water partition coefficient (Wildman–Crippen LogP) is 4.55. The molecular weight excluding hydrogens is 540 g/mol. The van der Waals surface area contributed by atoms with Gasteiger partial charge in [-0.25, -0.2) is 9.78 Å². The van der Waals surface area contributed by atoms with Crippen molar-refractivity contribution in [3.63, 3.8) is 0 Å². The van der Waals surface area contributed by atoms with Crippen LogP contribution >= 0.6 is 0 Å². The molecular formula is C32H32N2O8. The number of nitrogens with zero attached hydrogens (tertiary/aromatic N) is 1. The number of pyridine rings is 1. The Morgan fingerprint density at radius 1 is 1.24 bits per heavy atom. The number of hydrogen-bond donors (Lipinski definition) is 4. The normalized spacial score (nSPS) is 18.4. The molecule has 2 atom stereocenters. The van der Waals surface area contributed by atoms with Crippen molar-refractivity contribution in [1.82, 2.24) is 4.98 Å². The van der Waals surface area contributed by atoms with Crippen LogP contribution in [0.5, 0.6) is 17.2 Å². The summed E-state index contributed by atoms with van der Waals surface area (Å²) in [6.07, 6.45) is 3.38. The van der Waals surface area contributed by atoms with Crippen LogP contribution in [-0.4, -0.2) is 38.0 Å². The third-order valence-corrected chi connectivity index (χ3v) is 7.71. The molecule has 3 heterocycles. The van der Waals surface area contributed by atoms with E-state index in [9.17, 15) is 24.9 Å². The monoisotopic (exact) mass is 572 g/mol. The van der Waals surface area contributed by atoms with Gasteiger partial charge in [-0.3, -0.25) is 4.79 Å². The topological polar surface area (TPSA) is 165 Å². The number of phenols is 2. The molecule has 1 aliphatic rings. The Balaban J connectivity index is 1.73. The molecule has 0 fully saturated rings. The van der Waals surface area contributed by atoms with Crippen LogP contribution in [0.1, 0.15) is 44.1 Å². The van der Waals surface area contributed by atoms with Gasteiger partial charge < -0.3 is 34.9 Å². The van der Waals surface area contributed by atoms with Crippen LogP contribution in [0.3, 0.4) is 0 Å². The molecule has 10 heteroatoms. The molecule has 0 unspecified atom stereocenters. The number of aryl methyl sites for hydroxylation is 1. The second kappa shape index (κ2) is 11.2. The zero-order valence-electron chi connectivity index (χ0n) is 23.5. The molecule has 4 aromatic rings. The minimum Gasteiger partial charge on any atom is -0.508 e. The minimum atomic E-state index is -1.11. The number of aliphatic hydroxyl groups excluding tert-OH is 1. The summed E-state index contributed by atoms with van der Waals surface area (Å²) in [4.78, 5) is 30.3. The molecule has 0 spiro atoms. The highest BCUT2D eigenvalue weighted by Crippen LogP contribution is 2.51. The van der Waals surface area contributed by atoms with Gasteiger partial charge in [0.2, 0.25) is 0 Å². The van der Waals surface area contributed by atoms with E-state index in [1.54, 1.807) is 44.3 Å². The first-order chi connectivity index (χ1) is 20.0. The molecule has 10 nitrogen and oxygen atoms in total. The highest BCUT2D eigenvalue weighted by atomic mass is 16.6. The van der Waals surface area contributed by atoms with Crippen LogP contribution in [0.4, 0.5) is 5.82 Å². The molecule has 0 amide bonds. The first-order valence-electron chi connectivity index (χ1n) is 13.5. The van der Waals surface area contributed by atoms with Crippen LogP contribution in [-0.2, 0) is 29.0 Å². The summed E-state index contributed by atoms with van der Waals surface area (Å²) >= 11 is 0. The average molecular weight is 573 g/mol. The van der Waals surface area contributed by atoms with Crippen LogP contribution in [0.2, 0.25) is 0 Å². The summed E-state index contributed by atoms with van der Waals surface area (Å²) < 4.78 is 18.6. The number of carbonyl (C=O) groups excluding carboxylic acids is 1. The van der Waals surface area contributed by atoms with Crippen molar-refractivity contribution in [2.45, 2.75) is 58.3 Å². The summed E-state index contributed by atoms with van der Waals surface area (Å²) in [5.41, 5.74) is 6.40. The number of fused-ring (bicyclic) bond motifs is 2. The molecule has 2 aromatic heterocycles. The number of aliphatic hydroxyl groups is 1. The van der Waals surface area contributed by atoms with Gasteiger partial charge in [0.15, 0.2) is 11.0 Å². The highest BCUT2D eigenvalue weighted by Gasteiger charge is 2.46. The van der Waals surface area contributed by atoms with Crippen molar-refractivity contribution in [1.29, 1.82) is 0 Å². The van der Waals surface area contributed by atoms with E-state index in [0.717, 1.165) is 11.6 Å². The SMILES string of the molecule is C/C=C(/C)C(=O)O[C@@H]1Cc2c(c(-c3cccc(O)c3)c3oc(CO)cc(=O)c3c2O)O[C@@]1(C)CCc1ccc(N)nc1. The van der Waals surface area contributed by atoms with Gasteiger partial charge in [0.1, 0.15) is 52.5 Å². The summed E-state index contributed by atoms with van der Waals surface area (Å²) in [6.45, 7) is 4.65. The lowest BCUT2D eigenvalue weighted by molar-refractivity contribution is -0.158. The summed E-state index contributed by atoms with van der Waals surface area (Å²) in [7, 11) is 0. The lowest BCUT2D eigenvalue weighted by Gasteiger charge is -2.43. The van der Waals surface area contributed by atoms with Crippen molar-refractivity contribution >= 4 is 22.8 Å². The molecule has 2 aromatic carbocycles. The largest absolute Gasteiger partial charge is 0.508 e. The van der Waals surface area contributed by atoms with Crippen molar-refractivity contribution in [2.75, 3.05) is 5.73 Å². The number of aromatic hydroxyl groups is 2. The van der Waals surface area contributed by atoms with E-state index in [4.69, 9.17) is 19.6 Å². The van der Waals surface area contributed by atoms with Crippen molar-refractivity contribution in [3.8, 4) is 28.4 Å². The number of anilines is 1. The van der Waals surface area contributed by atoms with Gasteiger partial charge in [0.05, 0.1) is 5.56 Å². The van der Waals surface area contributed by atoms with Gasteiger partial charge in [-0.05, 0) is 62.9 Å². The summed E-state index contributed by atoms with van der Waals surface area (Å²) in [5, 5.41) is 31.4. The number of phenolic OH excluding ortho intramolecular Hbond substituents is 2. The maximum absolute atomic E-state index is 13.2. The number of nitrogens with two attached hydrogens (primary N) is 1. The Labute approximate surface area is 241 Å². The van der Waals surface area contributed by atoms with E-state index in [0.29, 0.717) is 35.4 Å². The average Bonchev–Trinajstić information content (AvgIpc) is 2.97. The number of allylic oxidation sites excluding steroid dienone is 1. The van der Waals surface area contributed by atoms with Crippen LogP contribution < -0.4 is 15.9 Å². The lowest BCUT2D eigenvalue weighted by Crippen LogP contribution is -2.51. The number of nitrogen functional groups attached to an aromatic ring is 1. The molecule has 0 radical (unpaired) electrons. The number of rotatable bonds is 7. The predicted molar refractivity (Wildman–Crippen MR) is 156 cm³/mol. The second-order valence-corrected chi connectivity index (χ2v) is 10.6. The Kier molecular flexibility index (Phi) is 7.66. The van der Waals surface area contributed by atoms with Gasteiger partial charge in [0, 0.05) is 29.8 Å². The zero-order valence-corrected chi connectivity index (χ0v) is 23.5. The standard InChI is InChI=1S/C32H32N2O8/c1-4-17(2)31(39)41-24-14-22-28(38)27-23(37)13-21(16-35)40-30(27)26(19-6-5-7-20(36)12-19)29(22)42-32(24,3)11-10-18-8-9-25(33)34-15-18/h4-9,12-13,15,24,35-36,38H,10-11,14,16H2,1-3H3,(H2,33,34)/b17-4-/t24-,32+/m1/s1. The van der Waals surface area contributed by atoms with E-state index in [1.807, 2.05) is 13.0 Å². The third-order valence-electron chi connectivity index (χ3n) is 7.71. The highest BCUT2D eigenvalue weighted by molar-refractivity contribution is 6.01. The lowest BCUT2D eigenvalue weighted by atomic mass is 9.82. The maximum atomic E-state index is 13.2. The number of ether oxygens (including phenoxy) is 2. The zero-order chi connectivity index (χ0) is 30.2. The molecule has 0 saturated heterocycles. The molecule has 0 aliphatic carbocycles. The summed E-state index contributed by atoms with van der Waals surface area (Å²) in [6, 6.07) is 11.0. The van der Waals surface area contributed by atoms with E-state index in [2.05, 4.69) is 4.98 Å². The molecule has 5 rings (SSSR count). The van der Waals surface area contributed by atoms with Gasteiger partial charge >= 0.3 is 5.97 Å². The first-order valence-corrected chi connectivity index (χ1v) is 13.5. The Hall–Kier alpha value is -4.83. The number of aromatic nitrogens is 1. The van der Waals surface area contributed by atoms with E-state index < -0.39 is 29.7 Å². The van der Waals surface area contributed by atoms with Crippen LogP contribution in [0, 0.1) is 0 Å². The van der Waals surface area contributed by atoms with E-state index in [-0.39, 0.29) is 46.0 Å². The summed E-state index contributed by atoms with van der Waals surface area (Å²) in [5.74, 6) is -0.325. The molecule has 1 aliphatic heterocycles. The Morgan fingerprint density at radius 2 is 2.02 bits per heavy atom. The van der Waals surface area contributed by atoms with Crippen molar-refractivity contribution < 1.29 is 34.0 Å². The van der Waals surface area contributed by atoms with Gasteiger partial charge in [-0.15, -0.1) is 0 Å². The smallest absolute Gasteiger partial charge is 0.333 e. The van der Waals surface area contributed by atoms with Gasteiger partial charge in [-0.1, -0.05) is 24.3 Å². The third kappa shape index (κ3) is 5.28. The van der Waals surface area contributed by atoms with Crippen molar-refractivity contribution in [3.05, 3.63) is 87.4 Å². The molecule has 0 saturated carbocycles.